The molecule has 0 amide bonds. The second-order valence-corrected chi connectivity index (χ2v) is 3.36. The van der Waals surface area contributed by atoms with Crippen molar-refractivity contribution in [2.75, 3.05) is 13.7 Å². The number of hydrogen-bond donors (Lipinski definition) is 1. The molecular weight excluding hydrogens is 192 g/mol. The molecule has 0 aliphatic heterocycles. The highest BCUT2D eigenvalue weighted by Gasteiger charge is 2.07. The maximum atomic E-state index is 9.70. The maximum absolute atomic E-state index is 9.70. The Labute approximate surface area is 90.6 Å². The molecule has 84 valence electrons. The van der Waals surface area contributed by atoms with Crippen molar-refractivity contribution >= 4 is 0 Å². The van der Waals surface area contributed by atoms with Crippen LogP contribution in [0, 0.1) is 0 Å². The highest BCUT2D eigenvalue weighted by molar-refractivity contribution is 5.49. The monoisotopic (exact) mass is 210 g/mol. The van der Waals surface area contributed by atoms with Crippen LogP contribution in [0.5, 0.6) is 17.2 Å². The van der Waals surface area contributed by atoms with Gasteiger partial charge in [-0.1, -0.05) is 25.8 Å². The van der Waals surface area contributed by atoms with Crippen molar-refractivity contribution in [3.63, 3.8) is 0 Å². The standard InChI is InChI=1S/C12H18O3/c1-3-4-5-9-15-11-8-6-7-10(14-2)12(11)13/h6-8,13H,3-5,9H2,1-2H3. The van der Waals surface area contributed by atoms with Crippen molar-refractivity contribution in [2.24, 2.45) is 0 Å². The molecule has 0 radical (unpaired) electrons. The zero-order valence-corrected chi connectivity index (χ0v) is 9.32. The van der Waals surface area contributed by atoms with Crippen LogP contribution in [0.3, 0.4) is 0 Å². The van der Waals surface area contributed by atoms with E-state index in [1.807, 2.05) is 0 Å². The minimum atomic E-state index is 0.0801. The van der Waals surface area contributed by atoms with Crippen molar-refractivity contribution in [3.05, 3.63) is 18.2 Å². The molecule has 0 atom stereocenters. The van der Waals surface area contributed by atoms with Gasteiger partial charge in [-0.05, 0) is 18.6 Å². The van der Waals surface area contributed by atoms with E-state index in [2.05, 4.69) is 6.92 Å². The summed E-state index contributed by atoms with van der Waals surface area (Å²) in [4.78, 5) is 0. The third-order valence-corrected chi connectivity index (χ3v) is 2.19. The summed E-state index contributed by atoms with van der Waals surface area (Å²) in [6.07, 6.45) is 3.31. The van der Waals surface area contributed by atoms with E-state index in [-0.39, 0.29) is 5.75 Å². The zero-order chi connectivity index (χ0) is 11.1. The minimum absolute atomic E-state index is 0.0801. The van der Waals surface area contributed by atoms with Crippen LogP contribution < -0.4 is 9.47 Å². The number of benzene rings is 1. The number of methoxy groups -OCH3 is 1. The quantitative estimate of drug-likeness (QED) is 0.733. The van der Waals surface area contributed by atoms with Crippen LogP contribution in [-0.4, -0.2) is 18.8 Å². The average molecular weight is 210 g/mol. The Kier molecular flexibility index (Phi) is 4.81. The van der Waals surface area contributed by atoms with Crippen molar-refractivity contribution in [1.82, 2.24) is 0 Å². The lowest BCUT2D eigenvalue weighted by atomic mass is 10.2. The van der Waals surface area contributed by atoms with E-state index in [9.17, 15) is 5.11 Å². The lowest BCUT2D eigenvalue weighted by molar-refractivity contribution is 0.282. The first-order valence-corrected chi connectivity index (χ1v) is 5.28. The van der Waals surface area contributed by atoms with E-state index in [1.165, 1.54) is 7.11 Å². The number of para-hydroxylation sites is 1. The van der Waals surface area contributed by atoms with Gasteiger partial charge in [-0.2, -0.15) is 0 Å². The summed E-state index contributed by atoms with van der Waals surface area (Å²) >= 11 is 0. The summed E-state index contributed by atoms with van der Waals surface area (Å²) in [7, 11) is 1.52. The summed E-state index contributed by atoms with van der Waals surface area (Å²) < 4.78 is 10.4. The van der Waals surface area contributed by atoms with Gasteiger partial charge in [-0.15, -0.1) is 0 Å². The average Bonchev–Trinajstić information content (AvgIpc) is 2.26. The van der Waals surface area contributed by atoms with Crippen molar-refractivity contribution in [3.8, 4) is 17.2 Å². The Morgan fingerprint density at radius 3 is 2.60 bits per heavy atom. The van der Waals surface area contributed by atoms with Crippen LogP contribution in [0.25, 0.3) is 0 Å². The van der Waals surface area contributed by atoms with Crippen LogP contribution in [0.2, 0.25) is 0 Å². The molecule has 0 aromatic heterocycles. The predicted molar refractivity (Wildman–Crippen MR) is 59.7 cm³/mol. The molecule has 0 bridgehead atoms. The SMILES string of the molecule is CCCCCOc1cccc(OC)c1O. The van der Waals surface area contributed by atoms with Crippen LogP contribution in [0.15, 0.2) is 18.2 Å². The lowest BCUT2D eigenvalue weighted by Crippen LogP contribution is -1.97. The van der Waals surface area contributed by atoms with E-state index in [1.54, 1.807) is 18.2 Å². The predicted octanol–water partition coefficient (Wildman–Crippen LogP) is 2.97. The number of rotatable bonds is 6. The first kappa shape index (κ1) is 11.7. The van der Waals surface area contributed by atoms with E-state index < -0.39 is 0 Å². The fourth-order valence-corrected chi connectivity index (χ4v) is 1.32. The fraction of sp³-hybridized carbons (Fsp3) is 0.500. The first-order chi connectivity index (χ1) is 7.29. The van der Waals surface area contributed by atoms with Gasteiger partial charge in [0.15, 0.2) is 11.5 Å². The van der Waals surface area contributed by atoms with Gasteiger partial charge >= 0.3 is 0 Å². The molecule has 1 N–H and O–H groups in total. The summed E-state index contributed by atoms with van der Waals surface area (Å²) in [6, 6.07) is 5.24. The molecular formula is C12H18O3. The minimum Gasteiger partial charge on any atom is -0.502 e. The number of unbranched alkanes of at least 4 members (excludes halogenated alkanes) is 2. The number of phenols is 1. The van der Waals surface area contributed by atoms with Crippen LogP contribution >= 0.6 is 0 Å². The summed E-state index contributed by atoms with van der Waals surface area (Å²) in [6.45, 7) is 2.78. The Balaban J connectivity index is 2.53. The summed E-state index contributed by atoms with van der Waals surface area (Å²) in [5.41, 5.74) is 0. The zero-order valence-electron chi connectivity index (χ0n) is 9.32. The Bertz CT molecular complexity index is 297. The van der Waals surface area contributed by atoms with Gasteiger partial charge < -0.3 is 14.6 Å². The first-order valence-electron chi connectivity index (χ1n) is 5.28. The van der Waals surface area contributed by atoms with Crippen molar-refractivity contribution in [2.45, 2.75) is 26.2 Å². The molecule has 15 heavy (non-hydrogen) atoms. The van der Waals surface area contributed by atoms with Gasteiger partial charge in [0.1, 0.15) is 0 Å². The van der Waals surface area contributed by atoms with E-state index in [0.29, 0.717) is 18.1 Å². The molecule has 0 aliphatic rings. The fourth-order valence-electron chi connectivity index (χ4n) is 1.32. The van der Waals surface area contributed by atoms with Crippen LogP contribution in [-0.2, 0) is 0 Å². The normalized spacial score (nSPS) is 10.0. The molecule has 0 aliphatic carbocycles. The van der Waals surface area contributed by atoms with Gasteiger partial charge in [-0.25, -0.2) is 0 Å². The maximum Gasteiger partial charge on any atom is 0.200 e. The topological polar surface area (TPSA) is 38.7 Å². The molecule has 1 aromatic rings. The smallest absolute Gasteiger partial charge is 0.200 e. The lowest BCUT2D eigenvalue weighted by Gasteiger charge is -2.09. The number of phenolic OH excluding ortho intramolecular Hbond substituents is 1. The second kappa shape index (κ2) is 6.17. The van der Waals surface area contributed by atoms with E-state index in [0.717, 1.165) is 19.3 Å². The third kappa shape index (κ3) is 3.35. The number of hydrogen-bond acceptors (Lipinski definition) is 3. The highest BCUT2D eigenvalue weighted by Crippen LogP contribution is 2.35. The molecule has 1 aromatic carbocycles. The van der Waals surface area contributed by atoms with Gasteiger partial charge in [0, 0.05) is 0 Å². The van der Waals surface area contributed by atoms with Crippen molar-refractivity contribution in [1.29, 1.82) is 0 Å². The molecule has 0 saturated carbocycles. The highest BCUT2D eigenvalue weighted by atomic mass is 16.5. The molecule has 0 fully saturated rings. The summed E-state index contributed by atoms with van der Waals surface area (Å²) in [5.74, 6) is 1.02. The molecule has 0 unspecified atom stereocenters. The summed E-state index contributed by atoms with van der Waals surface area (Å²) in [5, 5.41) is 9.70. The van der Waals surface area contributed by atoms with Gasteiger partial charge in [0.2, 0.25) is 5.75 Å². The number of aromatic hydroxyl groups is 1. The molecule has 0 saturated heterocycles. The second-order valence-electron chi connectivity index (χ2n) is 3.36. The molecule has 3 heteroatoms. The Hall–Kier alpha value is -1.38. The van der Waals surface area contributed by atoms with Gasteiger partial charge in [0.05, 0.1) is 13.7 Å². The van der Waals surface area contributed by atoms with Crippen LogP contribution in [0.4, 0.5) is 0 Å². The Morgan fingerprint density at radius 2 is 1.93 bits per heavy atom. The molecule has 0 heterocycles. The largest absolute Gasteiger partial charge is 0.502 e. The van der Waals surface area contributed by atoms with E-state index in [4.69, 9.17) is 9.47 Å². The Morgan fingerprint density at radius 1 is 1.20 bits per heavy atom. The van der Waals surface area contributed by atoms with Gasteiger partial charge in [0.25, 0.3) is 0 Å². The van der Waals surface area contributed by atoms with Crippen LogP contribution in [0.1, 0.15) is 26.2 Å². The third-order valence-electron chi connectivity index (χ3n) is 2.19. The van der Waals surface area contributed by atoms with Crippen molar-refractivity contribution < 1.29 is 14.6 Å². The molecule has 0 spiro atoms. The van der Waals surface area contributed by atoms with Gasteiger partial charge in [-0.3, -0.25) is 0 Å². The van der Waals surface area contributed by atoms with E-state index >= 15 is 0 Å². The number of ether oxygens (including phenoxy) is 2. The molecule has 3 nitrogen and oxygen atoms in total. The molecule has 1 rings (SSSR count).